The van der Waals surface area contributed by atoms with Gasteiger partial charge in [0.1, 0.15) is 18.0 Å². The summed E-state index contributed by atoms with van der Waals surface area (Å²) in [5, 5.41) is 0. The van der Waals surface area contributed by atoms with Gasteiger partial charge in [-0.25, -0.2) is 10.5 Å². The highest BCUT2D eigenvalue weighted by atomic mass is 16.6. The topological polar surface area (TPSA) is 64.9 Å². The second kappa shape index (κ2) is 8.58. The first kappa shape index (κ1) is 18.7. The van der Waals surface area contributed by atoms with Crippen molar-refractivity contribution in [2.24, 2.45) is 0 Å². The third kappa shape index (κ3) is 4.44. The molecule has 4 rings (SSSR count). The SMILES string of the molecule is Cc1cccn2cc(COc3ccccc3C(=O)NOCc3ccccc3)nc12. The number of para-hydroxylation sites is 1. The van der Waals surface area contributed by atoms with Gasteiger partial charge in [0.2, 0.25) is 0 Å². The fraction of sp³-hybridized carbons (Fsp3) is 0.130. The summed E-state index contributed by atoms with van der Waals surface area (Å²) in [7, 11) is 0. The van der Waals surface area contributed by atoms with Gasteiger partial charge in [0.05, 0.1) is 17.9 Å². The van der Waals surface area contributed by atoms with Gasteiger partial charge in [-0.05, 0) is 36.2 Å². The molecule has 6 nitrogen and oxygen atoms in total. The molecule has 29 heavy (non-hydrogen) atoms. The van der Waals surface area contributed by atoms with Crippen LogP contribution in [-0.4, -0.2) is 15.3 Å². The van der Waals surface area contributed by atoms with Gasteiger partial charge in [0.25, 0.3) is 5.91 Å². The molecule has 0 unspecified atom stereocenters. The summed E-state index contributed by atoms with van der Waals surface area (Å²) in [5.74, 6) is 0.115. The van der Waals surface area contributed by atoms with Crippen LogP contribution in [0.5, 0.6) is 5.75 Å². The third-order valence-electron chi connectivity index (χ3n) is 4.48. The highest BCUT2D eigenvalue weighted by molar-refractivity contribution is 5.96. The van der Waals surface area contributed by atoms with E-state index >= 15 is 0 Å². The van der Waals surface area contributed by atoms with E-state index in [1.54, 1.807) is 18.2 Å². The van der Waals surface area contributed by atoms with Gasteiger partial charge < -0.3 is 9.14 Å². The molecule has 0 atom stereocenters. The van der Waals surface area contributed by atoms with Gasteiger partial charge in [-0.1, -0.05) is 48.5 Å². The Morgan fingerprint density at radius 3 is 2.62 bits per heavy atom. The van der Waals surface area contributed by atoms with Crippen molar-refractivity contribution in [2.75, 3.05) is 0 Å². The quantitative estimate of drug-likeness (QED) is 0.485. The van der Waals surface area contributed by atoms with Crippen molar-refractivity contribution in [3.8, 4) is 5.75 Å². The van der Waals surface area contributed by atoms with E-state index in [2.05, 4.69) is 10.5 Å². The molecule has 0 bridgehead atoms. The number of hydrogen-bond acceptors (Lipinski definition) is 4. The van der Waals surface area contributed by atoms with Crippen LogP contribution in [0.2, 0.25) is 0 Å². The number of carbonyl (C=O) groups excluding carboxylic acids is 1. The van der Waals surface area contributed by atoms with Crippen LogP contribution in [0.3, 0.4) is 0 Å². The van der Waals surface area contributed by atoms with Crippen LogP contribution in [-0.2, 0) is 18.1 Å². The molecule has 0 radical (unpaired) electrons. The van der Waals surface area contributed by atoms with Crippen molar-refractivity contribution < 1.29 is 14.4 Å². The molecule has 0 spiro atoms. The average molecular weight is 387 g/mol. The molecule has 0 saturated carbocycles. The van der Waals surface area contributed by atoms with Crippen LogP contribution in [0.1, 0.15) is 27.2 Å². The number of aromatic nitrogens is 2. The van der Waals surface area contributed by atoms with E-state index in [0.717, 1.165) is 22.5 Å². The second-order valence-corrected chi connectivity index (χ2v) is 6.64. The summed E-state index contributed by atoms with van der Waals surface area (Å²) >= 11 is 0. The predicted octanol–water partition coefficient (Wildman–Crippen LogP) is 4.08. The zero-order valence-electron chi connectivity index (χ0n) is 16.0. The number of imidazole rings is 1. The number of ether oxygens (including phenoxy) is 1. The van der Waals surface area contributed by atoms with Crippen LogP contribution in [0.15, 0.2) is 79.1 Å². The van der Waals surface area contributed by atoms with E-state index < -0.39 is 0 Å². The van der Waals surface area contributed by atoms with E-state index in [1.165, 1.54) is 0 Å². The maximum Gasteiger partial charge on any atom is 0.278 e. The Morgan fingerprint density at radius 1 is 1.00 bits per heavy atom. The lowest BCUT2D eigenvalue weighted by Gasteiger charge is -2.11. The molecule has 0 aliphatic heterocycles. The number of carbonyl (C=O) groups is 1. The Labute approximate surface area is 168 Å². The van der Waals surface area contributed by atoms with Crippen molar-refractivity contribution in [3.05, 3.63) is 102 Å². The summed E-state index contributed by atoms with van der Waals surface area (Å²) in [5.41, 5.74) is 6.62. The molecule has 2 heterocycles. The van der Waals surface area contributed by atoms with Crippen LogP contribution in [0.25, 0.3) is 5.65 Å². The molecular weight excluding hydrogens is 366 g/mol. The molecular formula is C23H21N3O3. The molecule has 2 aromatic heterocycles. The molecule has 1 amide bonds. The molecule has 0 aliphatic rings. The number of fused-ring (bicyclic) bond motifs is 1. The first-order valence-corrected chi connectivity index (χ1v) is 9.32. The highest BCUT2D eigenvalue weighted by Gasteiger charge is 2.13. The number of nitrogens with zero attached hydrogens (tertiary/aromatic N) is 2. The normalized spacial score (nSPS) is 10.8. The summed E-state index contributed by atoms with van der Waals surface area (Å²) < 4.78 is 7.85. The third-order valence-corrected chi connectivity index (χ3v) is 4.48. The number of hydroxylamine groups is 1. The molecule has 4 aromatic rings. The first-order valence-electron chi connectivity index (χ1n) is 9.32. The van der Waals surface area contributed by atoms with E-state index in [0.29, 0.717) is 11.3 Å². The minimum atomic E-state index is -0.359. The molecule has 0 fully saturated rings. The lowest BCUT2D eigenvalue weighted by molar-refractivity contribution is 0.0230. The van der Waals surface area contributed by atoms with Crippen LogP contribution < -0.4 is 10.2 Å². The van der Waals surface area contributed by atoms with Crippen LogP contribution in [0.4, 0.5) is 0 Å². The van der Waals surface area contributed by atoms with E-state index in [4.69, 9.17) is 9.57 Å². The minimum Gasteiger partial charge on any atom is -0.486 e. The van der Waals surface area contributed by atoms with E-state index in [1.807, 2.05) is 72.2 Å². The van der Waals surface area contributed by atoms with Crippen molar-refractivity contribution in [1.29, 1.82) is 0 Å². The summed E-state index contributed by atoms with van der Waals surface area (Å²) in [6.45, 7) is 2.56. The van der Waals surface area contributed by atoms with Gasteiger partial charge in [-0.15, -0.1) is 0 Å². The van der Waals surface area contributed by atoms with E-state index in [-0.39, 0.29) is 19.1 Å². The number of hydrogen-bond donors (Lipinski definition) is 1. The van der Waals surface area contributed by atoms with Crippen molar-refractivity contribution in [3.63, 3.8) is 0 Å². The molecule has 1 N–H and O–H groups in total. The lowest BCUT2D eigenvalue weighted by atomic mass is 10.2. The Bertz CT molecular complexity index is 1120. The smallest absolute Gasteiger partial charge is 0.278 e. The number of nitrogens with one attached hydrogen (secondary N) is 1. The molecule has 146 valence electrons. The average Bonchev–Trinajstić information content (AvgIpc) is 3.18. The number of pyridine rings is 1. The Hall–Kier alpha value is -3.64. The minimum absolute atomic E-state index is 0.260. The summed E-state index contributed by atoms with van der Waals surface area (Å²) in [4.78, 5) is 22.5. The fourth-order valence-corrected chi connectivity index (χ4v) is 3.02. The summed E-state index contributed by atoms with van der Waals surface area (Å²) in [6.07, 6.45) is 3.87. The van der Waals surface area contributed by atoms with Gasteiger partial charge in [-0.3, -0.25) is 9.63 Å². The van der Waals surface area contributed by atoms with Gasteiger partial charge >= 0.3 is 0 Å². The highest BCUT2D eigenvalue weighted by Crippen LogP contribution is 2.20. The van der Waals surface area contributed by atoms with Gasteiger partial charge in [0, 0.05) is 12.4 Å². The number of amides is 1. The number of benzene rings is 2. The largest absolute Gasteiger partial charge is 0.486 e. The predicted molar refractivity (Wildman–Crippen MR) is 109 cm³/mol. The molecule has 2 aromatic carbocycles. The second-order valence-electron chi connectivity index (χ2n) is 6.64. The molecule has 0 aliphatic carbocycles. The molecule has 6 heteroatoms. The van der Waals surface area contributed by atoms with Crippen LogP contribution >= 0.6 is 0 Å². The zero-order valence-corrected chi connectivity index (χ0v) is 16.0. The van der Waals surface area contributed by atoms with Gasteiger partial charge in [-0.2, -0.15) is 0 Å². The Balaban J connectivity index is 1.40. The number of rotatable bonds is 7. The van der Waals surface area contributed by atoms with Crippen molar-refractivity contribution in [1.82, 2.24) is 14.9 Å². The standard InChI is InChI=1S/C23H21N3O3/c1-17-8-7-13-26-14-19(24-22(17)26)16-28-21-12-6-5-11-20(21)23(27)25-29-15-18-9-3-2-4-10-18/h2-14H,15-16H2,1H3,(H,25,27). The van der Waals surface area contributed by atoms with E-state index in [9.17, 15) is 4.79 Å². The number of aryl methyl sites for hydroxylation is 1. The Kier molecular flexibility index (Phi) is 5.54. The monoisotopic (exact) mass is 387 g/mol. The molecule has 0 saturated heterocycles. The lowest BCUT2D eigenvalue weighted by Crippen LogP contribution is -2.24. The fourth-order valence-electron chi connectivity index (χ4n) is 3.02. The van der Waals surface area contributed by atoms with Crippen LogP contribution in [0, 0.1) is 6.92 Å². The Morgan fingerprint density at radius 2 is 1.79 bits per heavy atom. The zero-order chi connectivity index (χ0) is 20.1. The maximum atomic E-state index is 12.5. The van der Waals surface area contributed by atoms with Crippen molar-refractivity contribution in [2.45, 2.75) is 20.1 Å². The van der Waals surface area contributed by atoms with Gasteiger partial charge in [0.15, 0.2) is 0 Å². The maximum absolute atomic E-state index is 12.5. The van der Waals surface area contributed by atoms with Crippen molar-refractivity contribution >= 4 is 11.6 Å². The summed E-state index contributed by atoms with van der Waals surface area (Å²) in [6, 6.07) is 20.7. The first-order chi connectivity index (χ1) is 14.2.